The summed E-state index contributed by atoms with van der Waals surface area (Å²) in [5.41, 5.74) is 3.13. The third-order valence-corrected chi connectivity index (χ3v) is 15.4. The van der Waals surface area contributed by atoms with Crippen LogP contribution in [0.2, 0.25) is 0 Å². The van der Waals surface area contributed by atoms with E-state index in [0.29, 0.717) is 0 Å². The van der Waals surface area contributed by atoms with Crippen molar-refractivity contribution < 1.29 is 4.57 Å². The first-order chi connectivity index (χ1) is 15.7. The van der Waals surface area contributed by atoms with E-state index in [0.717, 1.165) is 38.1 Å². The van der Waals surface area contributed by atoms with Crippen LogP contribution in [0.5, 0.6) is 0 Å². The van der Waals surface area contributed by atoms with Gasteiger partial charge in [-0.25, -0.2) is 0 Å². The predicted octanol–water partition coefficient (Wildman–Crippen LogP) is 1.48. The second-order valence-corrected chi connectivity index (χ2v) is 15.1. The van der Waals surface area contributed by atoms with Crippen LogP contribution in [0.15, 0.2) is 97.1 Å². The number of fused-ring (bicyclic) bond motifs is 5. The fraction of sp³-hybridized carbons (Fsp3) is 0. The van der Waals surface area contributed by atoms with Crippen LogP contribution < -0.4 is 33.8 Å². The number of aromatic nitrogens is 1. The normalized spacial score (nSPS) is 15.0. The van der Waals surface area contributed by atoms with Crippen molar-refractivity contribution >= 4 is 81.7 Å². The summed E-state index contributed by atoms with van der Waals surface area (Å²) < 4.78 is 20.0. The molecule has 0 N–H and O–H groups in total. The van der Waals surface area contributed by atoms with Gasteiger partial charge < -0.3 is 0 Å². The van der Waals surface area contributed by atoms with Gasteiger partial charge in [0.1, 0.15) is 0 Å². The molecule has 7 rings (SSSR count). The molecule has 5 heteroatoms. The van der Waals surface area contributed by atoms with Crippen molar-refractivity contribution in [2.45, 2.75) is 0 Å². The molecule has 3 heterocycles. The molecule has 0 atom stereocenters. The standard InChI is InChI=1S/C27H16NOPSe2/c29-30-21-9-3-5-11-23(21)31-25-15-18(20-14-13-17-7-1-2-8-19(17)28-20)16-26(27(25)30)32-24-12-6-4-10-22(24)30/h1-16H. The fourth-order valence-electron chi connectivity index (χ4n) is 4.64. The molecular formula is C27H16NOPSe2. The Morgan fingerprint density at radius 3 is 1.91 bits per heavy atom. The second kappa shape index (κ2) is 7.03. The zero-order valence-electron chi connectivity index (χ0n) is 16.9. The molecule has 0 saturated carbocycles. The molecular weight excluding hydrogens is 543 g/mol. The van der Waals surface area contributed by atoms with Crippen molar-refractivity contribution in [3.8, 4) is 11.3 Å². The third kappa shape index (κ3) is 2.66. The van der Waals surface area contributed by atoms with Crippen molar-refractivity contribution in [3.05, 3.63) is 97.1 Å². The van der Waals surface area contributed by atoms with Crippen LogP contribution in [-0.4, -0.2) is 34.9 Å². The van der Waals surface area contributed by atoms with Gasteiger partial charge in [-0.3, -0.25) is 0 Å². The Morgan fingerprint density at radius 2 is 1.22 bits per heavy atom. The molecule has 2 aliphatic rings. The quantitative estimate of drug-likeness (QED) is 0.226. The number of hydrogen-bond donors (Lipinski definition) is 0. The average molecular weight is 559 g/mol. The molecule has 0 bridgehead atoms. The Kier molecular flexibility index (Phi) is 4.19. The maximum absolute atomic E-state index is 15.0. The summed E-state index contributed by atoms with van der Waals surface area (Å²) in [6.45, 7) is 0. The summed E-state index contributed by atoms with van der Waals surface area (Å²) in [5.74, 6) is 0. The number of benzene rings is 4. The van der Waals surface area contributed by atoms with E-state index in [-0.39, 0.29) is 29.9 Å². The molecule has 152 valence electrons. The van der Waals surface area contributed by atoms with Crippen molar-refractivity contribution in [1.29, 1.82) is 0 Å². The maximum atomic E-state index is 15.0. The topological polar surface area (TPSA) is 30.0 Å². The first kappa shape index (κ1) is 19.1. The van der Waals surface area contributed by atoms with E-state index in [1.54, 1.807) is 0 Å². The van der Waals surface area contributed by atoms with Gasteiger partial charge in [0.25, 0.3) is 0 Å². The fourth-order valence-corrected chi connectivity index (χ4v) is 16.0. The molecule has 0 amide bonds. The van der Waals surface area contributed by atoms with Crippen molar-refractivity contribution in [2.24, 2.45) is 0 Å². The van der Waals surface area contributed by atoms with E-state index in [1.165, 1.54) is 17.8 Å². The second-order valence-electron chi connectivity index (χ2n) is 7.96. The van der Waals surface area contributed by atoms with Crippen molar-refractivity contribution in [3.63, 3.8) is 0 Å². The average Bonchev–Trinajstić information content (AvgIpc) is 2.84. The van der Waals surface area contributed by atoms with Gasteiger partial charge in [-0.15, -0.1) is 0 Å². The summed E-state index contributed by atoms with van der Waals surface area (Å²) >= 11 is 0.258. The van der Waals surface area contributed by atoms with E-state index in [9.17, 15) is 4.57 Å². The van der Waals surface area contributed by atoms with Crippen molar-refractivity contribution in [2.75, 3.05) is 0 Å². The van der Waals surface area contributed by atoms with E-state index in [4.69, 9.17) is 4.98 Å². The van der Waals surface area contributed by atoms with Gasteiger partial charge in [0.05, 0.1) is 0 Å². The number of rotatable bonds is 1. The van der Waals surface area contributed by atoms with E-state index in [1.807, 2.05) is 24.3 Å². The van der Waals surface area contributed by atoms with Crippen LogP contribution in [-0.2, 0) is 4.57 Å². The Labute approximate surface area is 198 Å². The molecule has 2 nitrogen and oxygen atoms in total. The van der Waals surface area contributed by atoms with Crippen LogP contribution in [0.1, 0.15) is 0 Å². The molecule has 0 radical (unpaired) electrons. The third-order valence-electron chi connectivity index (χ3n) is 6.10. The van der Waals surface area contributed by atoms with Crippen LogP contribution in [0, 0.1) is 0 Å². The number of pyridine rings is 1. The Bertz CT molecular complexity index is 1550. The molecule has 0 saturated heterocycles. The van der Waals surface area contributed by atoms with E-state index >= 15 is 0 Å². The SMILES string of the molecule is O=P12c3ccccc3[Se]c3cc(-c4ccc5ccccc5n4)cc(c31)[Se]c1ccccc12. The van der Waals surface area contributed by atoms with Gasteiger partial charge in [0.2, 0.25) is 0 Å². The molecule has 1 aromatic heterocycles. The first-order valence-electron chi connectivity index (χ1n) is 10.4. The molecule has 4 aromatic carbocycles. The zero-order chi connectivity index (χ0) is 21.3. The molecule has 5 aromatic rings. The van der Waals surface area contributed by atoms with Gasteiger partial charge in [-0.2, -0.15) is 0 Å². The summed E-state index contributed by atoms with van der Waals surface area (Å²) in [7, 11) is -2.85. The van der Waals surface area contributed by atoms with Crippen molar-refractivity contribution in [1.82, 2.24) is 4.98 Å². The minimum absolute atomic E-state index is 0.129. The van der Waals surface area contributed by atoms with Crippen LogP contribution >= 0.6 is 7.14 Å². The van der Waals surface area contributed by atoms with Gasteiger partial charge in [0.15, 0.2) is 0 Å². The van der Waals surface area contributed by atoms with Gasteiger partial charge in [-0.05, 0) is 0 Å². The summed E-state index contributed by atoms with van der Waals surface area (Å²) in [6, 6.07) is 33.8. The number of para-hydroxylation sites is 1. The predicted molar refractivity (Wildman–Crippen MR) is 137 cm³/mol. The minimum atomic E-state index is -2.85. The number of nitrogens with zero attached hydrogens (tertiary/aromatic N) is 1. The van der Waals surface area contributed by atoms with E-state index < -0.39 is 7.14 Å². The van der Waals surface area contributed by atoms with Crippen LogP contribution in [0.4, 0.5) is 0 Å². The molecule has 0 aliphatic carbocycles. The van der Waals surface area contributed by atoms with Gasteiger partial charge >= 0.3 is 200 Å². The Hall–Kier alpha value is -2.44. The molecule has 32 heavy (non-hydrogen) atoms. The van der Waals surface area contributed by atoms with Gasteiger partial charge in [0, 0.05) is 0 Å². The molecule has 0 spiro atoms. The monoisotopic (exact) mass is 561 g/mol. The summed E-state index contributed by atoms with van der Waals surface area (Å²) in [6.07, 6.45) is 0. The molecule has 0 fully saturated rings. The Morgan fingerprint density at radius 1 is 0.625 bits per heavy atom. The summed E-state index contributed by atoms with van der Waals surface area (Å²) in [5, 5.41) is 4.37. The number of hydrogen-bond acceptors (Lipinski definition) is 2. The van der Waals surface area contributed by atoms with Crippen LogP contribution in [0.25, 0.3) is 22.2 Å². The van der Waals surface area contributed by atoms with Crippen LogP contribution in [0.3, 0.4) is 0 Å². The Balaban J connectivity index is 1.51. The summed E-state index contributed by atoms with van der Waals surface area (Å²) in [4.78, 5) is 4.96. The van der Waals surface area contributed by atoms with Gasteiger partial charge in [-0.1, -0.05) is 0 Å². The zero-order valence-corrected chi connectivity index (χ0v) is 21.2. The molecule has 0 unspecified atom stereocenters. The molecule has 2 aliphatic heterocycles. The first-order valence-corrected chi connectivity index (χ1v) is 15.5. The van der Waals surface area contributed by atoms with E-state index in [2.05, 4.69) is 72.8 Å².